The topological polar surface area (TPSA) is 29.1 Å². The zero-order chi connectivity index (χ0) is 14.5. The smallest absolute Gasteiger partial charge is 0.0972 e. The molecule has 0 amide bonds. The quantitative estimate of drug-likeness (QED) is 0.794. The van der Waals surface area contributed by atoms with Gasteiger partial charge in [-0.25, -0.2) is 8.93 Å². The average molecular weight is 300 g/mol. The summed E-state index contributed by atoms with van der Waals surface area (Å²) in [5, 5.41) is 0.732. The monoisotopic (exact) mass is 299 g/mol. The number of rotatable bonds is 6. The molecular weight excluding hydrogens is 278 g/mol. The van der Waals surface area contributed by atoms with E-state index in [0.717, 1.165) is 17.9 Å². The molecule has 0 spiro atoms. The molecule has 0 fully saturated rings. The molecule has 1 aromatic carbocycles. The summed E-state index contributed by atoms with van der Waals surface area (Å²) in [6.07, 6.45) is 3.45. The van der Waals surface area contributed by atoms with Crippen molar-refractivity contribution < 1.29 is 4.21 Å². The Labute approximate surface area is 123 Å². The van der Waals surface area contributed by atoms with Crippen molar-refractivity contribution in [3.05, 3.63) is 47.5 Å². The van der Waals surface area contributed by atoms with E-state index in [1.165, 1.54) is 5.56 Å². The fourth-order valence-corrected chi connectivity index (χ4v) is 2.57. The Morgan fingerprint density at radius 2 is 1.95 bits per heavy atom. The molecule has 2 atom stereocenters. The molecule has 0 bridgehead atoms. The fourth-order valence-electron chi connectivity index (χ4n) is 1.61. The standard InChI is InChI=1S/C15H22ClNOS/c1-5-6-14(17-19(18)15(2,3)4)11-12-7-9-13(16)10-8-12/h5,7-10,14,17H,1,6,11H2,2-4H3/t14-,19?/m0/s1. The van der Waals surface area contributed by atoms with Crippen LogP contribution in [0, 0.1) is 0 Å². The number of hydrogen-bond acceptors (Lipinski definition) is 1. The third-order valence-corrected chi connectivity index (χ3v) is 4.59. The molecule has 0 heterocycles. The summed E-state index contributed by atoms with van der Waals surface area (Å²) < 4.78 is 15.1. The van der Waals surface area contributed by atoms with Gasteiger partial charge in [0.15, 0.2) is 0 Å². The lowest BCUT2D eigenvalue weighted by Gasteiger charge is -2.23. The molecule has 1 N–H and O–H groups in total. The van der Waals surface area contributed by atoms with Crippen LogP contribution in [0.25, 0.3) is 0 Å². The summed E-state index contributed by atoms with van der Waals surface area (Å²) in [6.45, 7) is 9.65. The van der Waals surface area contributed by atoms with Crippen molar-refractivity contribution in [1.29, 1.82) is 0 Å². The lowest BCUT2D eigenvalue weighted by Crippen LogP contribution is -2.40. The molecule has 0 aliphatic rings. The summed E-state index contributed by atoms with van der Waals surface area (Å²) in [4.78, 5) is 0. The Bertz CT molecular complexity index is 436. The van der Waals surface area contributed by atoms with Crippen molar-refractivity contribution in [2.75, 3.05) is 0 Å². The first-order chi connectivity index (χ1) is 8.82. The molecule has 0 aliphatic heterocycles. The van der Waals surface area contributed by atoms with Gasteiger partial charge in [0.2, 0.25) is 0 Å². The van der Waals surface area contributed by atoms with Crippen LogP contribution in [0.2, 0.25) is 5.02 Å². The Morgan fingerprint density at radius 1 is 1.37 bits per heavy atom. The third kappa shape index (κ3) is 5.89. The van der Waals surface area contributed by atoms with Crippen molar-refractivity contribution in [3.8, 4) is 0 Å². The maximum Gasteiger partial charge on any atom is 0.0972 e. The predicted molar refractivity (Wildman–Crippen MR) is 84.8 cm³/mol. The van der Waals surface area contributed by atoms with Crippen molar-refractivity contribution in [1.82, 2.24) is 4.72 Å². The van der Waals surface area contributed by atoms with Crippen LogP contribution in [0.4, 0.5) is 0 Å². The van der Waals surface area contributed by atoms with Crippen LogP contribution in [0.5, 0.6) is 0 Å². The lowest BCUT2D eigenvalue weighted by molar-refractivity contribution is 0.583. The van der Waals surface area contributed by atoms with E-state index in [2.05, 4.69) is 11.3 Å². The minimum absolute atomic E-state index is 0.124. The molecule has 1 aromatic rings. The first kappa shape index (κ1) is 16.4. The zero-order valence-electron chi connectivity index (χ0n) is 11.8. The summed E-state index contributed by atoms with van der Waals surface area (Å²) in [5.41, 5.74) is 1.18. The van der Waals surface area contributed by atoms with E-state index in [0.29, 0.717) is 0 Å². The molecule has 1 unspecified atom stereocenters. The van der Waals surface area contributed by atoms with Crippen LogP contribution in [0.15, 0.2) is 36.9 Å². The Balaban J connectivity index is 2.70. The summed E-state index contributed by atoms with van der Waals surface area (Å²) >= 11 is 5.87. The molecule has 1 rings (SSSR count). The predicted octanol–water partition coefficient (Wildman–Crippen LogP) is 3.88. The van der Waals surface area contributed by atoms with Crippen LogP contribution in [-0.2, 0) is 17.4 Å². The fraction of sp³-hybridized carbons (Fsp3) is 0.467. The van der Waals surface area contributed by atoms with Crippen molar-refractivity contribution in [2.24, 2.45) is 0 Å². The second-order valence-corrected chi connectivity index (χ2v) is 7.99. The Hall–Kier alpha value is -0.640. The summed E-state index contributed by atoms with van der Waals surface area (Å²) in [6, 6.07) is 7.88. The highest BCUT2D eigenvalue weighted by Gasteiger charge is 2.22. The van der Waals surface area contributed by atoms with Crippen LogP contribution in [-0.4, -0.2) is 15.0 Å². The van der Waals surface area contributed by atoms with Gasteiger partial charge in [-0.05, 0) is 51.3 Å². The van der Waals surface area contributed by atoms with Crippen LogP contribution < -0.4 is 4.72 Å². The Kier molecular flexibility index (Phi) is 6.24. The minimum Gasteiger partial charge on any atom is -0.242 e. The molecular formula is C15H22ClNOS. The number of benzene rings is 1. The van der Waals surface area contributed by atoms with Gasteiger partial charge in [-0.1, -0.05) is 29.8 Å². The average Bonchev–Trinajstić information content (AvgIpc) is 2.31. The van der Waals surface area contributed by atoms with E-state index in [4.69, 9.17) is 11.6 Å². The first-order valence-electron chi connectivity index (χ1n) is 6.36. The highest BCUT2D eigenvalue weighted by molar-refractivity contribution is 7.84. The molecule has 0 saturated heterocycles. The molecule has 0 saturated carbocycles. The lowest BCUT2D eigenvalue weighted by atomic mass is 10.0. The van der Waals surface area contributed by atoms with E-state index < -0.39 is 11.0 Å². The second kappa shape index (κ2) is 7.22. The van der Waals surface area contributed by atoms with Crippen LogP contribution in [0.3, 0.4) is 0 Å². The highest BCUT2D eigenvalue weighted by atomic mass is 35.5. The van der Waals surface area contributed by atoms with Crippen LogP contribution in [0.1, 0.15) is 32.8 Å². The van der Waals surface area contributed by atoms with E-state index in [1.54, 1.807) is 0 Å². The molecule has 106 valence electrons. The minimum atomic E-state index is -1.07. The van der Waals surface area contributed by atoms with Gasteiger partial charge in [0.1, 0.15) is 0 Å². The van der Waals surface area contributed by atoms with Gasteiger partial charge in [0.05, 0.1) is 15.7 Å². The van der Waals surface area contributed by atoms with Gasteiger partial charge in [0.25, 0.3) is 0 Å². The largest absolute Gasteiger partial charge is 0.242 e. The maximum absolute atomic E-state index is 12.1. The highest BCUT2D eigenvalue weighted by Crippen LogP contribution is 2.15. The summed E-state index contributed by atoms with van der Waals surface area (Å²) in [7, 11) is -1.07. The SMILES string of the molecule is C=CC[C@@H](Cc1ccc(Cl)cc1)NS(=O)C(C)(C)C. The molecule has 0 radical (unpaired) electrons. The van der Waals surface area contributed by atoms with Gasteiger partial charge in [-0.15, -0.1) is 6.58 Å². The van der Waals surface area contributed by atoms with E-state index >= 15 is 0 Å². The van der Waals surface area contributed by atoms with Gasteiger partial charge in [-0.2, -0.15) is 0 Å². The van der Waals surface area contributed by atoms with Gasteiger partial charge in [0, 0.05) is 11.1 Å². The molecule has 19 heavy (non-hydrogen) atoms. The van der Waals surface area contributed by atoms with E-state index in [9.17, 15) is 4.21 Å². The van der Waals surface area contributed by atoms with E-state index in [1.807, 2.05) is 51.1 Å². The van der Waals surface area contributed by atoms with Gasteiger partial charge < -0.3 is 0 Å². The van der Waals surface area contributed by atoms with Crippen LogP contribution >= 0.6 is 11.6 Å². The molecule has 0 aromatic heterocycles. The number of halogens is 1. The Morgan fingerprint density at radius 3 is 2.42 bits per heavy atom. The second-order valence-electron chi connectivity index (χ2n) is 5.55. The normalized spacial score (nSPS) is 14.9. The van der Waals surface area contributed by atoms with Crippen molar-refractivity contribution in [2.45, 2.75) is 44.4 Å². The van der Waals surface area contributed by atoms with Gasteiger partial charge in [-0.3, -0.25) is 0 Å². The van der Waals surface area contributed by atoms with Crippen molar-refractivity contribution in [3.63, 3.8) is 0 Å². The maximum atomic E-state index is 12.1. The molecule has 0 aliphatic carbocycles. The van der Waals surface area contributed by atoms with Gasteiger partial charge >= 0.3 is 0 Å². The zero-order valence-corrected chi connectivity index (χ0v) is 13.4. The van der Waals surface area contributed by atoms with Crippen molar-refractivity contribution >= 4 is 22.6 Å². The molecule has 4 heteroatoms. The number of hydrogen-bond donors (Lipinski definition) is 1. The molecule has 2 nitrogen and oxygen atoms in total. The first-order valence-corrected chi connectivity index (χ1v) is 7.89. The third-order valence-electron chi connectivity index (χ3n) is 2.68. The van der Waals surface area contributed by atoms with E-state index in [-0.39, 0.29) is 10.8 Å². The number of nitrogens with one attached hydrogen (secondary N) is 1. The summed E-state index contributed by atoms with van der Waals surface area (Å²) in [5.74, 6) is 0.